The molecule has 29 heavy (non-hydrogen) atoms. The van der Waals surface area contributed by atoms with Gasteiger partial charge in [0.25, 0.3) is 0 Å². The van der Waals surface area contributed by atoms with Crippen molar-refractivity contribution in [3.05, 3.63) is 46.8 Å². The molecule has 1 aliphatic rings. The molecule has 6 nitrogen and oxygen atoms in total. The number of rotatable bonds is 7. The third-order valence-electron chi connectivity index (χ3n) is 5.63. The van der Waals surface area contributed by atoms with E-state index in [1.807, 2.05) is 12.1 Å². The van der Waals surface area contributed by atoms with Crippen LogP contribution in [0, 0.1) is 5.92 Å². The molecule has 0 saturated carbocycles. The highest BCUT2D eigenvalue weighted by Gasteiger charge is 2.21. The van der Waals surface area contributed by atoms with Gasteiger partial charge in [0, 0.05) is 25.1 Å². The van der Waals surface area contributed by atoms with Crippen molar-refractivity contribution in [3.63, 3.8) is 0 Å². The first-order valence-electron chi connectivity index (χ1n) is 10.6. The molecule has 3 rings (SSSR count). The lowest BCUT2D eigenvalue weighted by molar-refractivity contribution is 0.199. The Morgan fingerprint density at radius 2 is 1.83 bits per heavy atom. The summed E-state index contributed by atoms with van der Waals surface area (Å²) in [4.78, 5) is 11.8. The molecule has 2 aromatic rings. The van der Waals surface area contributed by atoms with Gasteiger partial charge in [0.15, 0.2) is 0 Å². The van der Waals surface area contributed by atoms with E-state index in [2.05, 4.69) is 55.0 Å². The number of anilines is 2. The van der Waals surface area contributed by atoms with E-state index in [1.165, 1.54) is 11.1 Å². The summed E-state index contributed by atoms with van der Waals surface area (Å²) in [6.45, 7) is 11.9. The van der Waals surface area contributed by atoms with Crippen LogP contribution in [0.5, 0.6) is 0 Å². The lowest BCUT2D eigenvalue weighted by atomic mass is 9.96. The fourth-order valence-corrected chi connectivity index (χ4v) is 3.59. The third kappa shape index (κ3) is 5.06. The van der Waals surface area contributed by atoms with Crippen molar-refractivity contribution in [2.45, 2.75) is 65.6 Å². The van der Waals surface area contributed by atoms with Crippen molar-refractivity contribution in [1.82, 2.24) is 9.97 Å². The van der Waals surface area contributed by atoms with Crippen molar-refractivity contribution in [3.8, 4) is 0 Å². The Kier molecular flexibility index (Phi) is 6.75. The van der Waals surface area contributed by atoms with Crippen LogP contribution < -0.4 is 10.2 Å². The van der Waals surface area contributed by atoms with Gasteiger partial charge in [0.1, 0.15) is 17.5 Å². The second-order valence-electron chi connectivity index (χ2n) is 8.68. The first-order valence-corrected chi connectivity index (χ1v) is 10.6. The monoisotopic (exact) mass is 398 g/mol. The molecular formula is C23H34N4O2. The van der Waals surface area contributed by atoms with Crippen LogP contribution in [0.4, 0.5) is 11.6 Å². The molecule has 1 aromatic carbocycles. The highest BCUT2D eigenvalue weighted by Crippen LogP contribution is 2.28. The molecule has 158 valence electrons. The summed E-state index contributed by atoms with van der Waals surface area (Å²) < 4.78 is 0. The minimum Gasteiger partial charge on any atom is -0.394 e. The number of fused-ring (bicyclic) bond motifs is 1. The summed E-state index contributed by atoms with van der Waals surface area (Å²) in [5.74, 6) is 3.00. The topological polar surface area (TPSA) is 81.5 Å². The summed E-state index contributed by atoms with van der Waals surface area (Å²) in [6, 6.07) is 8.20. The van der Waals surface area contributed by atoms with E-state index in [4.69, 9.17) is 4.98 Å². The van der Waals surface area contributed by atoms with Gasteiger partial charge >= 0.3 is 0 Å². The summed E-state index contributed by atoms with van der Waals surface area (Å²) in [5.41, 5.74) is 3.54. The second kappa shape index (κ2) is 9.09. The Morgan fingerprint density at radius 1 is 1.07 bits per heavy atom. The van der Waals surface area contributed by atoms with Crippen molar-refractivity contribution in [2.75, 3.05) is 23.4 Å². The zero-order chi connectivity index (χ0) is 21.1. The minimum absolute atomic E-state index is 0.0428. The molecule has 0 unspecified atom stereocenters. The van der Waals surface area contributed by atoms with E-state index in [9.17, 15) is 10.2 Å². The highest BCUT2D eigenvalue weighted by molar-refractivity contribution is 5.52. The van der Waals surface area contributed by atoms with E-state index in [0.29, 0.717) is 5.92 Å². The van der Waals surface area contributed by atoms with Crippen molar-refractivity contribution >= 4 is 11.6 Å². The molecule has 1 aromatic heterocycles. The second-order valence-corrected chi connectivity index (χ2v) is 8.68. The number of hydrogen-bond acceptors (Lipinski definition) is 6. The van der Waals surface area contributed by atoms with Gasteiger partial charge < -0.3 is 20.4 Å². The normalized spacial score (nSPS) is 16.1. The maximum atomic E-state index is 9.85. The lowest BCUT2D eigenvalue weighted by Gasteiger charge is -2.31. The number of aliphatic hydroxyl groups is 2. The Bertz CT molecular complexity index is 836. The van der Waals surface area contributed by atoms with Crippen LogP contribution in [0.25, 0.3) is 0 Å². The minimum atomic E-state index is -0.442. The van der Waals surface area contributed by atoms with Crippen molar-refractivity contribution < 1.29 is 10.2 Å². The summed E-state index contributed by atoms with van der Waals surface area (Å²) >= 11 is 0. The van der Waals surface area contributed by atoms with Gasteiger partial charge in [0.2, 0.25) is 0 Å². The molecule has 3 N–H and O–H groups in total. The van der Waals surface area contributed by atoms with Gasteiger partial charge in [-0.05, 0) is 36.0 Å². The molecule has 2 atom stereocenters. The molecule has 0 fully saturated rings. The average Bonchev–Trinajstić information content (AvgIpc) is 2.70. The van der Waals surface area contributed by atoms with Crippen LogP contribution in [0.15, 0.2) is 24.3 Å². The zero-order valence-corrected chi connectivity index (χ0v) is 18.2. The predicted molar refractivity (Wildman–Crippen MR) is 117 cm³/mol. The Labute approximate surface area is 174 Å². The van der Waals surface area contributed by atoms with Crippen LogP contribution in [0.3, 0.4) is 0 Å². The van der Waals surface area contributed by atoms with Crippen LogP contribution >= 0.6 is 0 Å². The summed E-state index contributed by atoms with van der Waals surface area (Å²) in [7, 11) is 0. The van der Waals surface area contributed by atoms with Crippen LogP contribution in [0.1, 0.15) is 69.2 Å². The smallest absolute Gasteiger partial charge is 0.135 e. The number of nitrogens with one attached hydrogen (secondary N) is 1. The number of aromatic nitrogens is 2. The Hall–Kier alpha value is -2.18. The fraction of sp³-hybridized carbons (Fsp3) is 0.565. The third-order valence-corrected chi connectivity index (χ3v) is 5.63. The van der Waals surface area contributed by atoms with E-state index in [-0.39, 0.29) is 18.6 Å². The summed E-state index contributed by atoms with van der Waals surface area (Å²) in [6.07, 6.45) is 0.480. The average molecular weight is 399 g/mol. The van der Waals surface area contributed by atoms with E-state index in [0.717, 1.165) is 42.5 Å². The maximum absolute atomic E-state index is 9.85. The van der Waals surface area contributed by atoms with E-state index >= 15 is 0 Å². The van der Waals surface area contributed by atoms with Gasteiger partial charge in [-0.2, -0.15) is 0 Å². The number of aliphatic hydroxyl groups excluding tert-OH is 2. The molecule has 0 radical (unpaired) electrons. The molecule has 0 aliphatic carbocycles. The predicted octanol–water partition coefficient (Wildman–Crippen LogP) is 3.64. The molecular weight excluding hydrogens is 364 g/mol. The molecule has 0 saturated heterocycles. The summed E-state index contributed by atoms with van der Waals surface area (Å²) in [5, 5.41) is 22.9. The van der Waals surface area contributed by atoms with E-state index in [1.54, 1.807) is 6.92 Å². The van der Waals surface area contributed by atoms with E-state index < -0.39 is 6.10 Å². The molecule has 6 heteroatoms. The lowest BCUT2D eigenvalue weighted by Crippen LogP contribution is -2.33. The van der Waals surface area contributed by atoms with Gasteiger partial charge in [0.05, 0.1) is 18.8 Å². The van der Waals surface area contributed by atoms with Crippen LogP contribution in [-0.2, 0) is 13.0 Å². The standard InChI is InChI=1S/C23H34N4O2/c1-14(2)20(13-28)24-21-11-22(26-23(25-21)15(3)4)27-9-8-18-10-17(16(5)29)6-7-19(18)12-27/h6-7,10-11,14-16,20,28-29H,8-9,12-13H2,1-5H3,(H,24,25,26)/t16-,20+/m1/s1. The number of benzene rings is 1. The highest BCUT2D eigenvalue weighted by atomic mass is 16.3. The van der Waals surface area contributed by atoms with Crippen molar-refractivity contribution in [1.29, 1.82) is 0 Å². The van der Waals surface area contributed by atoms with Crippen LogP contribution in [-0.4, -0.2) is 39.4 Å². The largest absolute Gasteiger partial charge is 0.394 e. The SMILES string of the molecule is CC(C)c1nc(N[C@@H](CO)C(C)C)cc(N2CCc3cc([C@@H](C)O)ccc3C2)n1. The van der Waals surface area contributed by atoms with Crippen LogP contribution in [0.2, 0.25) is 0 Å². The molecule has 0 spiro atoms. The molecule has 1 aliphatic heterocycles. The number of hydrogen-bond donors (Lipinski definition) is 3. The Morgan fingerprint density at radius 3 is 2.45 bits per heavy atom. The van der Waals surface area contributed by atoms with Gasteiger partial charge in [-0.1, -0.05) is 45.9 Å². The first-order chi connectivity index (χ1) is 13.8. The van der Waals surface area contributed by atoms with Gasteiger partial charge in [-0.25, -0.2) is 9.97 Å². The molecule has 0 bridgehead atoms. The van der Waals surface area contributed by atoms with Gasteiger partial charge in [-0.15, -0.1) is 0 Å². The Balaban J connectivity index is 1.88. The first kappa shape index (κ1) is 21.5. The molecule has 2 heterocycles. The van der Waals surface area contributed by atoms with Crippen molar-refractivity contribution in [2.24, 2.45) is 5.92 Å². The quantitative estimate of drug-likeness (QED) is 0.661. The fourth-order valence-electron chi connectivity index (χ4n) is 3.59. The number of nitrogens with zero attached hydrogens (tertiary/aromatic N) is 3. The molecule has 0 amide bonds. The van der Waals surface area contributed by atoms with Gasteiger partial charge in [-0.3, -0.25) is 0 Å². The zero-order valence-electron chi connectivity index (χ0n) is 18.2. The maximum Gasteiger partial charge on any atom is 0.135 e.